The molecule has 0 saturated carbocycles. The van der Waals surface area contributed by atoms with Crippen molar-refractivity contribution in [3.8, 4) is 0 Å². The molecule has 1 N–H and O–H groups in total. The van der Waals surface area contributed by atoms with Crippen LogP contribution in [0.15, 0.2) is 47.9 Å². The van der Waals surface area contributed by atoms with Crippen LogP contribution in [-0.2, 0) is 16.4 Å². The third-order valence-corrected chi connectivity index (χ3v) is 4.56. The SMILES string of the molecule is CS(=O)(=O)c1ccc2ncnc(NCCCn3cccn3)c2c1. The molecule has 3 aromatic rings. The number of aryl methyl sites for hydroxylation is 1. The van der Waals surface area contributed by atoms with E-state index in [0.717, 1.165) is 13.0 Å². The van der Waals surface area contributed by atoms with E-state index in [1.165, 1.54) is 12.6 Å². The molecule has 1 aromatic carbocycles. The first kappa shape index (κ1) is 15.4. The highest BCUT2D eigenvalue weighted by molar-refractivity contribution is 7.90. The van der Waals surface area contributed by atoms with E-state index < -0.39 is 9.84 Å². The predicted molar refractivity (Wildman–Crippen MR) is 88.0 cm³/mol. The van der Waals surface area contributed by atoms with Crippen LogP contribution in [0.4, 0.5) is 5.82 Å². The molecule has 2 heterocycles. The van der Waals surface area contributed by atoms with Gasteiger partial charge in [-0.1, -0.05) is 0 Å². The summed E-state index contributed by atoms with van der Waals surface area (Å²) in [6.45, 7) is 1.51. The molecule has 0 spiro atoms. The fourth-order valence-corrected chi connectivity index (χ4v) is 2.93. The van der Waals surface area contributed by atoms with E-state index in [-0.39, 0.29) is 4.90 Å². The first-order valence-electron chi connectivity index (χ1n) is 7.20. The Hall–Kier alpha value is -2.48. The van der Waals surface area contributed by atoms with Gasteiger partial charge in [0.25, 0.3) is 0 Å². The maximum absolute atomic E-state index is 11.7. The summed E-state index contributed by atoms with van der Waals surface area (Å²) in [5, 5.41) is 8.09. The monoisotopic (exact) mass is 331 g/mol. The lowest BCUT2D eigenvalue weighted by molar-refractivity contribution is 0.591. The Labute approximate surface area is 134 Å². The minimum Gasteiger partial charge on any atom is -0.369 e. The average Bonchev–Trinajstić information content (AvgIpc) is 3.03. The highest BCUT2D eigenvalue weighted by Crippen LogP contribution is 2.22. The number of nitrogens with one attached hydrogen (secondary N) is 1. The molecule has 0 aliphatic heterocycles. The summed E-state index contributed by atoms with van der Waals surface area (Å²) in [4.78, 5) is 8.66. The first-order valence-corrected chi connectivity index (χ1v) is 9.09. The molecule has 0 aliphatic carbocycles. The summed E-state index contributed by atoms with van der Waals surface area (Å²) < 4.78 is 25.3. The summed E-state index contributed by atoms with van der Waals surface area (Å²) >= 11 is 0. The standard InChI is InChI=1S/C15H17N5O2S/c1-23(21,22)12-4-5-14-13(10-12)15(18-11-17-14)16-6-2-8-20-9-3-7-19-20/h3-5,7,9-11H,2,6,8H2,1H3,(H,16,17,18). The molecule has 0 bridgehead atoms. The molecule has 0 aliphatic rings. The van der Waals surface area contributed by atoms with Crippen molar-refractivity contribution in [1.29, 1.82) is 0 Å². The Morgan fingerprint density at radius 2 is 2.13 bits per heavy atom. The Balaban J connectivity index is 1.77. The van der Waals surface area contributed by atoms with Gasteiger partial charge in [0.05, 0.1) is 10.4 Å². The largest absolute Gasteiger partial charge is 0.369 e. The molecule has 0 fully saturated rings. The van der Waals surface area contributed by atoms with Crippen molar-refractivity contribution in [2.24, 2.45) is 0 Å². The number of rotatable bonds is 6. The molecular formula is C15H17N5O2S. The molecule has 2 aromatic heterocycles. The van der Waals surface area contributed by atoms with Crippen LogP contribution in [-0.4, -0.2) is 41.0 Å². The molecule has 0 radical (unpaired) electrons. The molecule has 0 atom stereocenters. The number of benzene rings is 1. The van der Waals surface area contributed by atoms with Gasteiger partial charge in [0, 0.05) is 37.1 Å². The summed E-state index contributed by atoms with van der Waals surface area (Å²) in [7, 11) is -3.26. The van der Waals surface area contributed by atoms with Gasteiger partial charge in [-0.15, -0.1) is 0 Å². The Kier molecular flexibility index (Phi) is 4.24. The number of hydrogen-bond donors (Lipinski definition) is 1. The third kappa shape index (κ3) is 3.65. The maximum atomic E-state index is 11.7. The van der Waals surface area contributed by atoms with Crippen molar-refractivity contribution in [1.82, 2.24) is 19.7 Å². The lowest BCUT2D eigenvalue weighted by Crippen LogP contribution is -2.08. The van der Waals surface area contributed by atoms with Crippen LogP contribution in [0.3, 0.4) is 0 Å². The van der Waals surface area contributed by atoms with E-state index in [1.54, 1.807) is 24.4 Å². The lowest BCUT2D eigenvalue weighted by Gasteiger charge is -2.09. The van der Waals surface area contributed by atoms with Gasteiger partial charge in [-0.2, -0.15) is 5.10 Å². The molecule has 0 saturated heterocycles. The molecule has 8 heteroatoms. The average molecular weight is 331 g/mol. The van der Waals surface area contributed by atoms with Crippen LogP contribution in [0, 0.1) is 0 Å². The zero-order valence-corrected chi connectivity index (χ0v) is 13.5. The Morgan fingerprint density at radius 1 is 1.26 bits per heavy atom. The van der Waals surface area contributed by atoms with Gasteiger partial charge in [-0.25, -0.2) is 18.4 Å². The van der Waals surface area contributed by atoms with Crippen LogP contribution in [0.5, 0.6) is 0 Å². The highest BCUT2D eigenvalue weighted by Gasteiger charge is 2.10. The molecule has 0 amide bonds. The van der Waals surface area contributed by atoms with Gasteiger partial charge < -0.3 is 5.32 Å². The molecule has 3 rings (SSSR count). The van der Waals surface area contributed by atoms with Gasteiger partial charge >= 0.3 is 0 Å². The van der Waals surface area contributed by atoms with E-state index in [1.807, 2.05) is 16.9 Å². The van der Waals surface area contributed by atoms with E-state index in [2.05, 4.69) is 20.4 Å². The topological polar surface area (TPSA) is 89.8 Å². The smallest absolute Gasteiger partial charge is 0.175 e. The summed E-state index contributed by atoms with van der Waals surface area (Å²) in [5.74, 6) is 0.640. The van der Waals surface area contributed by atoms with Crippen molar-refractivity contribution < 1.29 is 8.42 Å². The number of aromatic nitrogens is 4. The summed E-state index contributed by atoms with van der Waals surface area (Å²) in [5.41, 5.74) is 0.710. The van der Waals surface area contributed by atoms with Gasteiger partial charge in [0.1, 0.15) is 12.1 Å². The molecule has 120 valence electrons. The first-order chi connectivity index (χ1) is 11.0. The quantitative estimate of drug-likeness (QED) is 0.692. The minimum atomic E-state index is -3.26. The Bertz CT molecular complexity index is 907. The van der Waals surface area contributed by atoms with Gasteiger partial charge in [-0.3, -0.25) is 4.68 Å². The number of hydrogen-bond acceptors (Lipinski definition) is 6. The third-order valence-electron chi connectivity index (χ3n) is 3.45. The number of nitrogens with zero attached hydrogens (tertiary/aromatic N) is 4. The van der Waals surface area contributed by atoms with Crippen LogP contribution < -0.4 is 5.32 Å². The van der Waals surface area contributed by atoms with E-state index in [4.69, 9.17) is 0 Å². The zero-order valence-electron chi connectivity index (χ0n) is 12.7. The fraction of sp³-hybridized carbons (Fsp3) is 0.267. The fourth-order valence-electron chi connectivity index (χ4n) is 2.29. The molecular weight excluding hydrogens is 314 g/mol. The van der Waals surface area contributed by atoms with Crippen molar-refractivity contribution in [2.75, 3.05) is 18.1 Å². The van der Waals surface area contributed by atoms with Crippen molar-refractivity contribution in [3.05, 3.63) is 43.0 Å². The zero-order chi connectivity index (χ0) is 16.3. The number of fused-ring (bicyclic) bond motifs is 1. The predicted octanol–water partition coefficient (Wildman–Crippen LogP) is 1.73. The minimum absolute atomic E-state index is 0.263. The second-order valence-corrected chi connectivity index (χ2v) is 7.24. The van der Waals surface area contributed by atoms with E-state index >= 15 is 0 Å². The lowest BCUT2D eigenvalue weighted by atomic mass is 10.2. The molecule has 7 nitrogen and oxygen atoms in total. The van der Waals surface area contributed by atoms with Crippen LogP contribution in [0.25, 0.3) is 10.9 Å². The van der Waals surface area contributed by atoms with E-state index in [9.17, 15) is 8.42 Å². The van der Waals surface area contributed by atoms with Crippen molar-refractivity contribution in [2.45, 2.75) is 17.9 Å². The number of anilines is 1. The number of sulfone groups is 1. The normalized spacial score (nSPS) is 11.7. The van der Waals surface area contributed by atoms with Crippen LogP contribution in [0.2, 0.25) is 0 Å². The van der Waals surface area contributed by atoms with Gasteiger partial charge in [0.15, 0.2) is 9.84 Å². The van der Waals surface area contributed by atoms with Gasteiger partial charge in [0.2, 0.25) is 0 Å². The van der Waals surface area contributed by atoms with Crippen molar-refractivity contribution in [3.63, 3.8) is 0 Å². The molecule has 0 unspecified atom stereocenters. The second kappa shape index (κ2) is 6.33. The van der Waals surface area contributed by atoms with Crippen molar-refractivity contribution >= 4 is 26.6 Å². The van der Waals surface area contributed by atoms with Gasteiger partial charge in [-0.05, 0) is 30.7 Å². The van der Waals surface area contributed by atoms with Crippen LogP contribution >= 0.6 is 0 Å². The summed E-state index contributed by atoms with van der Waals surface area (Å²) in [6, 6.07) is 6.76. The second-order valence-electron chi connectivity index (χ2n) is 5.22. The maximum Gasteiger partial charge on any atom is 0.175 e. The molecule has 23 heavy (non-hydrogen) atoms. The Morgan fingerprint density at radius 3 is 2.87 bits per heavy atom. The van der Waals surface area contributed by atoms with E-state index in [0.29, 0.717) is 23.3 Å². The summed E-state index contributed by atoms with van der Waals surface area (Å²) in [6.07, 6.45) is 7.20. The van der Waals surface area contributed by atoms with Crippen LogP contribution in [0.1, 0.15) is 6.42 Å². The highest BCUT2D eigenvalue weighted by atomic mass is 32.2.